The Morgan fingerprint density at radius 3 is 2.29 bits per heavy atom. The second kappa shape index (κ2) is 10.5. The van der Waals surface area contributed by atoms with Crippen LogP contribution in [0.25, 0.3) is 0 Å². The number of hydrogen-bond donors (Lipinski definition) is 2. The zero-order valence-electron chi connectivity index (χ0n) is 23.8. The average Bonchev–Trinajstić information content (AvgIpc) is 3.08. The van der Waals surface area contributed by atoms with Gasteiger partial charge in [0.15, 0.2) is 0 Å². The van der Waals surface area contributed by atoms with Gasteiger partial charge in [0.1, 0.15) is 0 Å². The lowest BCUT2D eigenvalue weighted by Gasteiger charge is -2.58. The molecule has 4 rings (SSSR count). The summed E-state index contributed by atoms with van der Waals surface area (Å²) in [6.45, 7) is 17.2. The van der Waals surface area contributed by atoms with Crippen molar-refractivity contribution in [3.63, 3.8) is 0 Å². The molecule has 0 spiro atoms. The van der Waals surface area contributed by atoms with Crippen LogP contribution in [0.1, 0.15) is 126 Å². The molecule has 4 aliphatic carbocycles. The van der Waals surface area contributed by atoms with Crippen LogP contribution in [0.2, 0.25) is 0 Å². The summed E-state index contributed by atoms with van der Waals surface area (Å²) in [6.07, 6.45) is 16.6. The minimum absolute atomic E-state index is 0.276. The summed E-state index contributed by atoms with van der Waals surface area (Å²) >= 11 is 0. The van der Waals surface area contributed by atoms with Crippen LogP contribution in [0.3, 0.4) is 0 Å². The van der Waals surface area contributed by atoms with Gasteiger partial charge in [0.05, 0.1) is 23.9 Å². The summed E-state index contributed by atoms with van der Waals surface area (Å²) in [5, 5.41) is 20.2. The predicted molar refractivity (Wildman–Crippen MR) is 143 cm³/mol. The third-order valence-corrected chi connectivity index (χ3v) is 10.3. The maximum absolute atomic E-state index is 10.1. The highest BCUT2D eigenvalue weighted by molar-refractivity contribution is 5.25. The van der Waals surface area contributed by atoms with Gasteiger partial charge in [0.25, 0.3) is 0 Å². The van der Waals surface area contributed by atoms with Gasteiger partial charge in [-0.05, 0) is 126 Å². The number of hydrogen-bond acceptors (Lipinski definition) is 3. The van der Waals surface area contributed by atoms with Crippen molar-refractivity contribution in [3.05, 3.63) is 11.6 Å². The Morgan fingerprint density at radius 1 is 0.941 bits per heavy atom. The lowest BCUT2D eigenvalue weighted by atomic mass is 9.47. The molecule has 34 heavy (non-hydrogen) atoms. The van der Waals surface area contributed by atoms with Gasteiger partial charge in [-0.2, -0.15) is 0 Å². The van der Waals surface area contributed by atoms with Crippen molar-refractivity contribution >= 4 is 0 Å². The van der Waals surface area contributed by atoms with Crippen LogP contribution in [-0.2, 0) is 4.74 Å². The maximum atomic E-state index is 10.1. The first-order chi connectivity index (χ1) is 15.8. The van der Waals surface area contributed by atoms with Crippen LogP contribution in [0, 0.1) is 34.5 Å². The first-order valence-electron chi connectivity index (χ1n) is 14.6. The molecule has 2 N–H and O–H groups in total. The Hall–Kier alpha value is -0.380. The van der Waals surface area contributed by atoms with Gasteiger partial charge < -0.3 is 14.9 Å². The fourth-order valence-electron chi connectivity index (χ4n) is 8.46. The zero-order valence-corrected chi connectivity index (χ0v) is 23.8. The molecule has 3 saturated carbocycles. The van der Waals surface area contributed by atoms with E-state index in [2.05, 4.69) is 19.9 Å². The van der Waals surface area contributed by atoms with Crippen molar-refractivity contribution < 1.29 is 14.9 Å². The Kier molecular flexibility index (Phi) is 8.74. The molecule has 0 aromatic heterocycles. The molecule has 0 radical (unpaired) electrons. The average molecular weight is 477 g/mol. The number of aliphatic hydroxyl groups is 2. The summed E-state index contributed by atoms with van der Waals surface area (Å²) in [4.78, 5) is 0. The topological polar surface area (TPSA) is 49.7 Å². The van der Waals surface area contributed by atoms with Gasteiger partial charge in [-0.1, -0.05) is 45.8 Å². The van der Waals surface area contributed by atoms with Crippen LogP contribution < -0.4 is 0 Å². The van der Waals surface area contributed by atoms with Crippen LogP contribution >= 0.6 is 0 Å². The minimum atomic E-state index is -0.743. The number of allylic oxidation sites excluding steroid dienone is 1. The summed E-state index contributed by atoms with van der Waals surface area (Å²) in [5.74, 6) is 3.42. The molecular weight excluding hydrogens is 420 g/mol. The molecule has 3 heteroatoms. The van der Waals surface area contributed by atoms with E-state index in [1.165, 1.54) is 51.4 Å². The predicted octanol–water partition coefficient (Wildman–Crippen LogP) is 7.69. The van der Waals surface area contributed by atoms with Crippen molar-refractivity contribution in [2.75, 3.05) is 6.61 Å². The third-order valence-electron chi connectivity index (χ3n) is 10.3. The van der Waals surface area contributed by atoms with Crippen LogP contribution in [0.5, 0.6) is 0 Å². The van der Waals surface area contributed by atoms with Crippen LogP contribution in [0.15, 0.2) is 11.6 Å². The Morgan fingerprint density at radius 2 is 1.65 bits per heavy atom. The van der Waals surface area contributed by atoms with Crippen LogP contribution in [0.4, 0.5) is 0 Å². The third kappa shape index (κ3) is 5.94. The fourth-order valence-corrected chi connectivity index (χ4v) is 8.46. The van der Waals surface area contributed by atoms with Crippen molar-refractivity contribution in [2.24, 2.45) is 34.5 Å². The SMILES string of the molecule is CC.CC(C)(O)CCCC1CCC2C3CC=C4CC(OCC(C)(C)O)CCC4(C)C3CCC12C. The quantitative estimate of drug-likeness (QED) is 0.370. The molecule has 0 heterocycles. The number of rotatable bonds is 7. The lowest BCUT2D eigenvalue weighted by molar-refractivity contribution is -0.0826. The molecule has 7 unspecified atom stereocenters. The highest BCUT2D eigenvalue weighted by Gasteiger charge is 2.58. The molecule has 0 aliphatic heterocycles. The molecule has 198 valence electrons. The molecule has 0 saturated heterocycles. The molecule has 0 bridgehead atoms. The zero-order chi connectivity index (χ0) is 25.4. The van der Waals surface area contributed by atoms with E-state index >= 15 is 0 Å². The van der Waals surface area contributed by atoms with E-state index in [0.29, 0.717) is 17.4 Å². The molecule has 0 aromatic carbocycles. The van der Waals surface area contributed by atoms with Crippen molar-refractivity contribution in [2.45, 2.75) is 143 Å². The number of ether oxygens (including phenoxy) is 1. The normalized spacial score (nSPS) is 39.8. The lowest BCUT2D eigenvalue weighted by Crippen LogP contribution is -2.50. The first kappa shape index (κ1) is 28.2. The van der Waals surface area contributed by atoms with E-state index in [-0.39, 0.29) is 6.10 Å². The molecule has 0 aromatic rings. The van der Waals surface area contributed by atoms with E-state index in [1.807, 2.05) is 41.5 Å². The van der Waals surface area contributed by atoms with E-state index in [1.54, 1.807) is 5.57 Å². The van der Waals surface area contributed by atoms with Gasteiger partial charge in [0.2, 0.25) is 0 Å². The molecule has 4 aliphatic rings. The maximum Gasteiger partial charge on any atom is 0.0824 e. The summed E-state index contributed by atoms with van der Waals surface area (Å²) in [5.41, 5.74) is 1.26. The fraction of sp³-hybridized carbons (Fsp3) is 0.935. The van der Waals surface area contributed by atoms with Gasteiger partial charge in [0, 0.05) is 0 Å². The van der Waals surface area contributed by atoms with Crippen molar-refractivity contribution in [1.29, 1.82) is 0 Å². The van der Waals surface area contributed by atoms with E-state index in [0.717, 1.165) is 42.9 Å². The molecule has 3 nitrogen and oxygen atoms in total. The largest absolute Gasteiger partial charge is 0.390 e. The van der Waals surface area contributed by atoms with Gasteiger partial charge in [-0.3, -0.25) is 0 Å². The van der Waals surface area contributed by atoms with Crippen LogP contribution in [-0.4, -0.2) is 34.1 Å². The van der Waals surface area contributed by atoms with Crippen molar-refractivity contribution in [1.82, 2.24) is 0 Å². The Bertz CT molecular complexity index is 698. The molecular formula is C31H56O3. The number of fused-ring (bicyclic) bond motifs is 5. The summed E-state index contributed by atoms with van der Waals surface area (Å²) in [7, 11) is 0. The molecule has 3 fully saturated rings. The Balaban J connectivity index is 0.00000158. The highest BCUT2D eigenvalue weighted by Crippen LogP contribution is 2.66. The first-order valence-corrected chi connectivity index (χ1v) is 14.6. The van der Waals surface area contributed by atoms with E-state index in [9.17, 15) is 10.2 Å². The standard InChI is InChI=1S/C29H50O3.C2H6/c1-26(2,30)15-7-8-20-10-12-24-23-11-9-21-18-22(32-19-27(3,4)31)13-16-29(21,6)25(23)14-17-28(20,24)5;1-2/h9,20,22-25,30-31H,7-8,10-19H2,1-6H3;1-2H3. The second-order valence-corrected chi connectivity index (χ2v) is 13.8. The second-order valence-electron chi connectivity index (χ2n) is 13.8. The summed E-state index contributed by atoms with van der Waals surface area (Å²) in [6, 6.07) is 0. The molecule has 0 amide bonds. The minimum Gasteiger partial charge on any atom is -0.390 e. The summed E-state index contributed by atoms with van der Waals surface area (Å²) < 4.78 is 6.13. The van der Waals surface area contributed by atoms with E-state index < -0.39 is 11.2 Å². The molecule has 7 atom stereocenters. The van der Waals surface area contributed by atoms with Gasteiger partial charge in [-0.15, -0.1) is 0 Å². The highest BCUT2D eigenvalue weighted by atomic mass is 16.5. The smallest absolute Gasteiger partial charge is 0.0824 e. The monoisotopic (exact) mass is 476 g/mol. The van der Waals surface area contributed by atoms with E-state index in [4.69, 9.17) is 4.74 Å². The van der Waals surface area contributed by atoms with Gasteiger partial charge in [-0.25, -0.2) is 0 Å². The van der Waals surface area contributed by atoms with Crippen molar-refractivity contribution in [3.8, 4) is 0 Å². The van der Waals surface area contributed by atoms with Gasteiger partial charge >= 0.3 is 0 Å². The Labute approximate surface area is 211 Å².